The summed E-state index contributed by atoms with van der Waals surface area (Å²) in [7, 11) is 0. The molecule has 0 atom stereocenters. The Morgan fingerprint density at radius 2 is 2.04 bits per heavy atom. The highest BCUT2D eigenvalue weighted by molar-refractivity contribution is 6.12. The summed E-state index contributed by atoms with van der Waals surface area (Å²) in [6.07, 6.45) is 3.05. The molecular weight excluding hydrogens is 366 g/mol. The molecule has 0 bridgehead atoms. The summed E-state index contributed by atoms with van der Waals surface area (Å²) in [5, 5.41) is 7.31. The molecule has 0 spiro atoms. The first-order chi connectivity index (χ1) is 13.4. The molecule has 3 heterocycles. The molecule has 0 fully saturated rings. The molecule has 8 heteroatoms. The molecule has 1 amide bonds. The fourth-order valence-electron chi connectivity index (χ4n) is 2.91. The summed E-state index contributed by atoms with van der Waals surface area (Å²) >= 11 is 0. The van der Waals surface area contributed by atoms with E-state index in [4.69, 9.17) is 4.42 Å². The lowest BCUT2D eigenvalue weighted by atomic mass is 10.1. The number of fused-ring (bicyclic) bond motifs is 1. The molecule has 1 N–H and O–H groups in total. The molecule has 0 unspecified atom stereocenters. The maximum atomic E-state index is 14.0. The van der Waals surface area contributed by atoms with Crippen LogP contribution >= 0.6 is 0 Å². The first kappa shape index (κ1) is 17.8. The molecule has 6 nitrogen and oxygen atoms in total. The SMILES string of the molecule is CC(C)n1ncc2c(C(=O)Nc3ccc(F)cc3F)cc(-c3ccco3)nc21. The topological polar surface area (TPSA) is 73.0 Å². The van der Waals surface area contributed by atoms with Gasteiger partial charge in [0.25, 0.3) is 5.91 Å². The number of hydrogen-bond acceptors (Lipinski definition) is 4. The molecule has 0 saturated carbocycles. The third kappa shape index (κ3) is 3.13. The summed E-state index contributed by atoms with van der Waals surface area (Å²) in [5.41, 5.74) is 1.09. The molecule has 0 aliphatic carbocycles. The van der Waals surface area contributed by atoms with Crippen molar-refractivity contribution < 1.29 is 18.0 Å². The van der Waals surface area contributed by atoms with Gasteiger partial charge in [-0.25, -0.2) is 18.4 Å². The summed E-state index contributed by atoms with van der Waals surface area (Å²) in [6.45, 7) is 3.89. The Hall–Kier alpha value is -3.55. The van der Waals surface area contributed by atoms with Crippen LogP contribution < -0.4 is 5.32 Å². The zero-order chi connectivity index (χ0) is 19.8. The highest BCUT2D eigenvalue weighted by atomic mass is 19.1. The van der Waals surface area contributed by atoms with Crippen LogP contribution in [0, 0.1) is 11.6 Å². The molecule has 1 aromatic carbocycles. The molecule has 4 rings (SSSR count). The van der Waals surface area contributed by atoms with E-state index in [1.807, 2.05) is 13.8 Å². The van der Waals surface area contributed by atoms with Gasteiger partial charge in [-0.2, -0.15) is 5.10 Å². The van der Waals surface area contributed by atoms with Gasteiger partial charge < -0.3 is 9.73 Å². The van der Waals surface area contributed by atoms with Crippen molar-refractivity contribution in [2.45, 2.75) is 19.9 Å². The van der Waals surface area contributed by atoms with Gasteiger partial charge in [0, 0.05) is 12.1 Å². The normalized spacial score (nSPS) is 11.3. The molecule has 142 valence electrons. The maximum Gasteiger partial charge on any atom is 0.256 e. The summed E-state index contributed by atoms with van der Waals surface area (Å²) < 4.78 is 34.2. The minimum Gasteiger partial charge on any atom is -0.463 e. The van der Waals surface area contributed by atoms with Gasteiger partial charge in [0.05, 0.1) is 29.1 Å². The number of pyridine rings is 1. The van der Waals surface area contributed by atoms with E-state index in [1.54, 1.807) is 29.1 Å². The number of carbonyl (C=O) groups excluding carboxylic acids is 1. The smallest absolute Gasteiger partial charge is 0.256 e. The number of amides is 1. The van der Waals surface area contributed by atoms with Crippen molar-refractivity contribution in [3.63, 3.8) is 0 Å². The number of benzene rings is 1. The van der Waals surface area contributed by atoms with E-state index in [2.05, 4.69) is 15.4 Å². The lowest BCUT2D eigenvalue weighted by Crippen LogP contribution is -2.14. The van der Waals surface area contributed by atoms with E-state index in [0.717, 1.165) is 6.07 Å². The zero-order valence-electron chi connectivity index (χ0n) is 15.1. The lowest BCUT2D eigenvalue weighted by molar-refractivity contribution is 0.102. The summed E-state index contributed by atoms with van der Waals surface area (Å²) in [5.74, 6) is -1.66. The third-order valence-electron chi connectivity index (χ3n) is 4.25. The van der Waals surface area contributed by atoms with Gasteiger partial charge >= 0.3 is 0 Å². The highest BCUT2D eigenvalue weighted by Gasteiger charge is 2.20. The fourth-order valence-corrected chi connectivity index (χ4v) is 2.91. The summed E-state index contributed by atoms with van der Waals surface area (Å²) in [6, 6.07) is 7.98. The number of nitrogens with one attached hydrogen (secondary N) is 1. The van der Waals surface area contributed by atoms with Crippen molar-refractivity contribution in [2.75, 3.05) is 5.32 Å². The number of anilines is 1. The van der Waals surface area contributed by atoms with Crippen LogP contribution in [0.3, 0.4) is 0 Å². The zero-order valence-corrected chi connectivity index (χ0v) is 15.1. The number of aromatic nitrogens is 3. The van der Waals surface area contributed by atoms with Crippen LogP contribution in [0.4, 0.5) is 14.5 Å². The van der Waals surface area contributed by atoms with E-state index in [1.165, 1.54) is 12.3 Å². The lowest BCUT2D eigenvalue weighted by Gasteiger charge is -2.10. The molecular formula is C20H16F2N4O2. The minimum absolute atomic E-state index is 0.0160. The van der Waals surface area contributed by atoms with Crippen LogP contribution in [-0.4, -0.2) is 20.7 Å². The van der Waals surface area contributed by atoms with Crippen LogP contribution in [-0.2, 0) is 0 Å². The second kappa shape index (κ2) is 6.88. The maximum absolute atomic E-state index is 14.0. The predicted octanol–water partition coefficient (Wildman–Crippen LogP) is 4.80. The Balaban J connectivity index is 1.83. The molecule has 0 radical (unpaired) electrons. The second-order valence-electron chi connectivity index (χ2n) is 6.53. The fraction of sp³-hybridized carbons (Fsp3) is 0.150. The monoisotopic (exact) mass is 382 g/mol. The number of carbonyl (C=O) groups is 1. The van der Waals surface area contributed by atoms with Gasteiger partial charge in [0.15, 0.2) is 11.4 Å². The van der Waals surface area contributed by atoms with Crippen LogP contribution in [0.15, 0.2) is 53.3 Å². The van der Waals surface area contributed by atoms with Gasteiger partial charge in [-0.3, -0.25) is 4.79 Å². The first-order valence-electron chi connectivity index (χ1n) is 8.62. The van der Waals surface area contributed by atoms with E-state index >= 15 is 0 Å². The second-order valence-corrected chi connectivity index (χ2v) is 6.53. The third-order valence-corrected chi connectivity index (χ3v) is 4.25. The molecule has 4 aromatic rings. The van der Waals surface area contributed by atoms with Gasteiger partial charge in [0.1, 0.15) is 17.3 Å². The number of halogens is 2. The van der Waals surface area contributed by atoms with Crippen molar-refractivity contribution in [2.24, 2.45) is 0 Å². The Kier molecular flexibility index (Phi) is 4.38. The van der Waals surface area contributed by atoms with E-state index in [9.17, 15) is 13.6 Å². The molecule has 0 aliphatic rings. The Morgan fingerprint density at radius 1 is 1.21 bits per heavy atom. The van der Waals surface area contributed by atoms with Gasteiger partial charge in [-0.1, -0.05) is 0 Å². The largest absolute Gasteiger partial charge is 0.463 e. The Bertz CT molecular complexity index is 1170. The molecule has 3 aromatic heterocycles. The number of furan rings is 1. The molecule has 28 heavy (non-hydrogen) atoms. The van der Waals surface area contributed by atoms with Crippen LogP contribution in [0.2, 0.25) is 0 Å². The minimum atomic E-state index is -0.859. The first-order valence-corrected chi connectivity index (χ1v) is 8.62. The Labute approximate surface area is 158 Å². The van der Waals surface area contributed by atoms with Crippen molar-refractivity contribution in [1.82, 2.24) is 14.8 Å². The predicted molar refractivity (Wildman–Crippen MR) is 99.9 cm³/mol. The van der Waals surface area contributed by atoms with Gasteiger partial charge in [-0.15, -0.1) is 0 Å². The summed E-state index contributed by atoms with van der Waals surface area (Å²) in [4.78, 5) is 17.5. The van der Waals surface area contributed by atoms with Gasteiger partial charge in [0.2, 0.25) is 0 Å². The van der Waals surface area contributed by atoms with Crippen LogP contribution in [0.25, 0.3) is 22.5 Å². The van der Waals surface area contributed by atoms with Crippen molar-refractivity contribution in [3.8, 4) is 11.5 Å². The van der Waals surface area contributed by atoms with Gasteiger partial charge in [-0.05, 0) is 44.2 Å². The van der Waals surface area contributed by atoms with Crippen molar-refractivity contribution in [1.29, 1.82) is 0 Å². The van der Waals surface area contributed by atoms with E-state index in [-0.39, 0.29) is 17.3 Å². The van der Waals surface area contributed by atoms with Crippen molar-refractivity contribution in [3.05, 3.63) is 66.1 Å². The molecule has 0 aliphatic heterocycles. The van der Waals surface area contributed by atoms with Crippen molar-refractivity contribution >= 4 is 22.6 Å². The number of hydrogen-bond donors (Lipinski definition) is 1. The average molecular weight is 382 g/mol. The van der Waals surface area contributed by atoms with Crippen LogP contribution in [0.1, 0.15) is 30.2 Å². The Morgan fingerprint density at radius 3 is 2.71 bits per heavy atom. The van der Waals surface area contributed by atoms with E-state index < -0.39 is 17.5 Å². The van der Waals surface area contributed by atoms with E-state index in [0.29, 0.717) is 28.6 Å². The highest BCUT2D eigenvalue weighted by Crippen LogP contribution is 2.27. The number of rotatable bonds is 4. The van der Waals surface area contributed by atoms with Crippen LogP contribution in [0.5, 0.6) is 0 Å². The standard InChI is InChI=1S/C20H16F2N4O2/c1-11(2)26-19-14(10-23-26)13(9-17(24-19)18-4-3-7-28-18)20(27)25-16-6-5-12(21)8-15(16)22/h3-11H,1-2H3,(H,25,27). The average Bonchev–Trinajstić information content (AvgIpc) is 3.32. The quantitative estimate of drug-likeness (QED) is 0.550. The number of nitrogens with zero attached hydrogens (tertiary/aromatic N) is 3. The molecule has 0 saturated heterocycles.